The molecule has 0 spiro atoms. The maximum atomic E-state index is 9.54. The van der Waals surface area contributed by atoms with Crippen molar-refractivity contribution in [2.24, 2.45) is 5.92 Å². The topological polar surface area (TPSA) is 32.3 Å². The summed E-state index contributed by atoms with van der Waals surface area (Å²) in [4.78, 5) is 0. The number of hydrogen-bond acceptors (Lipinski definition) is 2. The molecule has 1 aromatic rings. The predicted molar refractivity (Wildman–Crippen MR) is 66.7 cm³/mol. The van der Waals surface area contributed by atoms with Crippen LogP contribution >= 0.6 is 0 Å². The van der Waals surface area contributed by atoms with E-state index in [9.17, 15) is 5.11 Å². The van der Waals surface area contributed by atoms with Crippen LogP contribution in [0.25, 0.3) is 0 Å². The van der Waals surface area contributed by atoms with Crippen molar-refractivity contribution in [1.82, 2.24) is 5.32 Å². The lowest BCUT2D eigenvalue weighted by molar-refractivity contribution is 0.300. The Hall–Kier alpha value is -1.02. The molecule has 2 rings (SSSR count). The number of nitrogens with one attached hydrogen (secondary N) is 1. The molecule has 0 saturated heterocycles. The maximum absolute atomic E-state index is 9.54. The first kappa shape index (κ1) is 11.5. The first-order valence-corrected chi connectivity index (χ1v) is 6.25. The van der Waals surface area contributed by atoms with Gasteiger partial charge in [-0.15, -0.1) is 0 Å². The second-order valence-corrected chi connectivity index (χ2v) is 4.80. The Morgan fingerprint density at radius 2 is 2.12 bits per heavy atom. The van der Waals surface area contributed by atoms with E-state index in [1.807, 2.05) is 19.2 Å². The van der Waals surface area contributed by atoms with Crippen LogP contribution in [0.5, 0.6) is 5.75 Å². The van der Waals surface area contributed by atoms with Gasteiger partial charge in [0.2, 0.25) is 0 Å². The van der Waals surface area contributed by atoms with Crippen molar-refractivity contribution < 1.29 is 5.11 Å². The van der Waals surface area contributed by atoms with E-state index in [2.05, 4.69) is 11.4 Å². The fraction of sp³-hybridized carbons (Fsp3) is 0.571. The van der Waals surface area contributed by atoms with E-state index in [-0.39, 0.29) is 0 Å². The van der Waals surface area contributed by atoms with Gasteiger partial charge in [-0.3, -0.25) is 0 Å². The standard InChI is InChI=1S/C14H21NO/c1-15-10-12-5-2-3-8-14(12)11-6-4-7-13(16)9-11/h4,6-7,9,12,14-16H,2-3,5,8,10H2,1H3. The smallest absolute Gasteiger partial charge is 0.115 e. The van der Waals surface area contributed by atoms with Gasteiger partial charge in [-0.25, -0.2) is 0 Å². The molecule has 1 fully saturated rings. The minimum Gasteiger partial charge on any atom is -0.508 e. The van der Waals surface area contributed by atoms with Gasteiger partial charge >= 0.3 is 0 Å². The second-order valence-electron chi connectivity index (χ2n) is 4.80. The predicted octanol–water partition coefficient (Wildman–Crippen LogP) is 2.89. The molecule has 0 heterocycles. The Morgan fingerprint density at radius 3 is 2.88 bits per heavy atom. The molecule has 1 aliphatic rings. The number of hydrogen-bond donors (Lipinski definition) is 2. The average Bonchev–Trinajstić information content (AvgIpc) is 2.30. The lowest BCUT2D eigenvalue weighted by Crippen LogP contribution is -2.27. The van der Waals surface area contributed by atoms with Crippen LogP contribution in [0.15, 0.2) is 24.3 Å². The molecule has 0 aliphatic heterocycles. The zero-order chi connectivity index (χ0) is 11.4. The third-order valence-corrected chi connectivity index (χ3v) is 3.67. The van der Waals surface area contributed by atoms with E-state index in [4.69, 9.17) is 0 Å². The van der Waals surface area contributed by atoms with Gasteiger partial charge in [-0.2, -0.15) is 0 Å². The summed E-state index contributed by atoms with van der Waals surface area (Å²) in [6, 6.07) is 7.78. The molecule has 2 heteroatoms. The minimum absolute atomic E-state index is 0.395. The molecule has 2 N–H and O–H groups in total. The van der Waals surface area contributed by atoms with E-state index in [0.717, 1.165) is 12.5 Å². The van der Waals surface area contributed by atoms with Crippen molar-refractivity contribution in [3.63, 3.8) is 0 Å². The van der Waals surface area contributed by atoms with Gasteiger partial charge in [-0.05, 0) is 56.0 Å². The first-order valence-electron chi connectivity index (χ1n) is 6.25. The first-order chi connectivity index (χ1) is 7.81. The van der Waals surface area contributed by atoms with Gasteiger partial charge in [0.05, 0.1) is 0 Å². The summed E-state index contributed by atoms with van der Waals surface area (Å²) in [5.74, 6) is 1.74. The zero-order valence-electron chi connectivity index (χ0n) is 9.95. The van der Waals surface area contributed by atoms with E-state index in [1.165, 1.54) is 31.2 Å². The Balaban J connectivity index is 2.16. The summed E-state index contributed by atoms with van der Waals surface area (Å²) in [7, 11) is 2.02. The van der Waals surface area contributed by atoms with E-state index < -0.39 is 0 Å². The normalized spacial score (nSPS) is 25.6. The number of aromatic hydroxyl groups is 1. The lowest BCUT2D eigenvalue weighted by Gasteiger charge is -2.31. The summed E-state index contributed by atoms with van der Waals surface area (Å²) in [6.07, 6.45) is 5.24. The van der Waals surface area contributed by atoms with Crippen LogP contribution < -0.4 is 5.32 Å². The Morgan fingerprint density at radius 1 is 1.31 bits per heavy atom. The van der Waals surface area contributed by atoms with E-state index in [1.54, 1.807) is 6.07 Å². The van der Waals surface area contributed by atoms with Crippen molar-refractivity contribution in [2.45, 2.75) is 31.6 Å². The van der Waals surface area contributed by atoms with Crippen LogP contribution in [0.1, 0.15) is 37.2 Å². The Bertz CT molecular complexity index is 335. The van der Waals surface area contributed by atoms with Crippen molar-refractivity contribution >= 4 is 0 Å². The van der Waals surface area contributed by atoms with Gasteiger partial charge in [0.1, 0.15) is 5.75 Å². The largest absolute Gasteiger partial charge is 0.508 e. The second kappa shape index (κ2) is 5.35. The fourth-order valence-corrected chi connectivity index (χ4v) is 2.91. The summed E-state index contributed by atoms with van der Waals surface area (Å²) in [5, 5.41) is 12.8. The molecule has 2 nitrogen and oxygen atoms in total. The highest BCUT2D eigenvalue weighted by Crippen LogP contribution is 2.38. The highest BCUT2D eigenvalue weighted by Gasteiger charge is 2.25. The number of rotatable bonds is 3. The summed E-state index contributed by atoms with van der Waals surface area (Å²) in [5.41, 5.74) is 1.31. The van der Waals surface area contributed by atoms with Gasteiger partial charge in [0.25, 0.3) is 0 Å². The molecule has 0 bridgehead atoms. The zero-order valence-corrected chi connectivity index (χ0v) is 9.95. The van der Waals surface area contributed by atoms with Crippen LogP contribution in [0.4, 0.5) is 0 Å². The molecule has 1 aromatic carbocycles. The molecule has 0 aromatic heterocycles. The molecule has 0 amide bonds. The SMILES string of the molecule is CNCC1CCCCC1c1cccc(O)c1. The lowest BCUT2D eigenvalue weighted by atomic mass is 9.75. The van der Waals surface area contributed by atoms with Crippen LogP contribution in [0.2, 0.25) is 0 Å². The third kappa shape index (κ3) is 2.56. The highest BCUT2D eigenvalue weighted by atomic mass is 16.3. The third-order valence-electron chi connectivity index (χ3n) is 3.67. The Labute approximate surface area is 97.7 Å². The summed E-state index contributed by atoms with van der Waals surface area (Å²) >= 11 is 0. The van der Waals surface area contributed by atoms with Crippen LogP contribution in [0.3, 0.4) is 0 Å². The minimum atomic E-state index is 0.395. The molecule has 16 heavy (non-hydrogen) atoms. The number of benzene rings is 1. The maximum Gasteiger partial charge on any atom is 0.115 e. The summed E-state index contributed by atoms with van der Waals surface area (Å²) < 4.78 is 0. The van der Waals surface area contributed by atoms with Crippen molar-refractivity contribution in [3.8, 4) is 5.75 Å². The van der Waals surface area contributed by atoms with Crippen LogP contribution in [-0.2, 0) is 0 Å². The average molecular weight is 219 g/mol. The molecule has 1 saturated carbocycles. The van der Waals surface area contributed by atoms with E-state index in [0.29, 0.717) is 11.7 Å². The number of phenols is 1. The molecule has 0 radical (unpaired) electrons. The number of phenolic OH excluding ortho intramolecular Hbond substituents is 1. The molecule has 2 atom stereocenters. The van der Waals surface area contributed by atoms with Crippen molar-refractivity contribution in [2.75, 3.05) is 13.6 Å². The Kier molecular flexibility index (Phi) is 3.83. The molecule has 88 valence electrons. The van der Waals surface area contributed by atoms with Crippen molar-refractivity contribution in [1.29, 1.82) is 0 Å². The highest BCUT2D eigenvalue weighted by molar-refractivity contribution is 5.30. The van der Waals surface area contributed by atoms with Crippen LogP contribution in [0, 0.1) is 5.92 Å². The van der Waals surface area contributed by atoms with Crippen molar-refractivity contribution in [3.05, 3.63) is 29.8 Å². The molecule has 1 aliphatic carbocycles. The quantitative estimate of drug-likeness (QED) is 0.819. The van der Waals surface area contributed by atoms with Gasteiger partial charge < -0.3 is 10.4 Å². The molecule has 2 unspecified atom stereocenters. The van der Waals surface area contributed by atoms with Gasteiger partial charge in [0.15, 0.2) is 0 Å². The van der Waals surface area contributed by atoms with Gasteiger partial charge in [0, 0.05) is 0 Å². The van der Waals surface area contributed by atoms with Gasteiger partial charge in [-0.1, -0.05) is 25.0 Å². The molecular formula is C14H21NO. The summed E-state index contributed by atoms with van der Waals surface area (Å²) in [6.45, 7) is 1.08. The van der Waals surface area contributed by atoms with E-state index >= 15 is 0 Å². The fourth-order valence-electron chi connectivity index (χ4n) is 2.91. The van der Waals surface area contributed by atoms with Crippen LogP contribution in [-0.4, -0.2) is 18.7 Å². The monoisotopic (exact) mass is 219 g/mol. The molecular weight excluding hydrogens is 198 g/mol.